The Labute approximate surface area is 145 Å². The Balaban J connectivity index is 1.64. The van der Waals surface area contributed by atoms with Gasteiger partial charge >= 0.3 is 0 Å². The molecule has 1 aliphatic heterocycles. The van der Waals surface area contributed by atoms with E-state index in [1.807, 2.05) is 30.3 Å². The van der Waals surface area contributed by atoms with E-state index in [1.165, 1.54) is 25.7 Å². The van der Waals surface area contributed by atoms with Crippen LogP contribution >= 0.6 is 0 Å². The summed E-state index contributed by atoms with van der Waals surface area (Å²) in [6.45, 7) is 2.87. The Morgan fingerprint density at radius 1 is 1.21 bits per heavy atom. The Morgan fingerprint density at radius 3 is 2.50 bits per heavy atom. The van der Waals surface area contributed by atoms with E-state index in [0.717, 1.165) is 44.0 Å². The summed E-state index contributed by atoms with van der Waals surface area (Å²) in [6.07, 6.45) is 8.38. The molecule has 0 atom stereocenters. The molecule has 1 aromatic carbocycles. The minimum absolute atomic E-state index is 0.0426. The van der Waals surface area contributed by atoms with E-state index in [9.17, 15) is 4.79 Å². The Bertz CT molecular complexity index is 518. The van der Waals surface area contributed by atoms with Crippen molar-refractivity contribution in [1.82, 2.24) is 10.2 Å². The Morgan fingerprint density at radius 2 is 1.88 bits per heavy atom. The van der Waals surface area contributed by atoms with Crippen molar-refractivity contribution in [2.75, 3.05) is 26.8 Å². The van der Waals surface area contributed by atoms with Crippen molar-refractivity contribution >= 4 is 5.91 Å². The van der Waals surface area contributed by atoms with Crippen molar-refractivity contribution in [2.24, 2.45) is 0 Å². The second-order valence-electron chi connectivity index (χ2n) is 7.32. The molecule has 0 bridgehead atoms. The van der Waals surface area contributed by atoms with Crippen molar-refractivity contribution in [3.8, 4) is 0 Å². The molecular weight excluding hydrogens is 300 g/mol. The van der Waals surface area contributed by atoms with E-state index < -0.39 is 0 Å². The molecule has 0 aromatic heterocycles. The zero-order valence-electron chi connectivity index (χ0n) is 14.8. The molecular formula is C20H30N2O2. The second-order valence-corrected chi connectivity index (χ2v) is 7.32. The molecule has 1 N–H and O–H groups in total. The molecule has 1 aliphatic carbocycles. The van der Waals surface area contributed by atoms with Gasteiger partial charge in [0.1, 0.15) is 0 Å². The van der Waals surface area contributed by atoms with Crippen molar-refractivity contribution in [1.29, 1.82) is 0 Å². The predicted octanol–water partition coefficient (Wildman–Crippen LogP) is 3.23. The molecule has 1 amide bonds. The number of benzene rings is 1. The zero-order chi connectivity index (χ0) is 16.8. The molecule has 3 rings (SSSR count). The maximum Gasteiger partial charge on any atom is 0.251 e. The number of hydrogen-bond donors (Lipinski definition) is 1. The number of methoxy groups -OCH3 is 1. The lowest BCUT2D eigenvalue weighted by Gasteiger charge is -2.44. The number of carbonyl (C=O) groups excluding carboxylic acids is 1. The lowest BCUT2D eigenvalue weighted by atomic mass is 9.83. The molecule has 0 unspecified atom stereocenters. The van der Waals surface area contributed by atoms with Crippen LogP contribution in [0.15, 0.2) is 30.3 Å². The standard InChI is InChI=1S/C20H30N2O2/c1-24-16-13-20(21-19(23)17-7-3-2-4-8-17)11-14-22(15-12-20)18-9-5-6-10-18/h2-4,7-8,18H,5-6,9-16H2,1H3,(H,21,23). The number of nitrogens with zero attached hydrogens (tertiary/aromatic N) is 1. The summed E-state index contributed by atoms with van der Waals surface area (Å²) in [6, 6.07) is 10.3. The lowest BCUT2D eigenvalue weighted by molar-refractivity contribution is 0.0610. The molecule has 2 aliphatic rings. The van der Waals surface area contributed by atoms with Crippen LogP contribution in [0.5, 0.6) is 0 Å². The van der Waals surface area contributed by atoms with E-state index in [2.05, 4.69) is 10.2 Å². The Hall–Kier alpha value is -1.39. The molecule has 132 valence electrons. The Kier molecular flexibility index (Phi) is 5.90. The monoisotopic (exact) mass is 330 g/mol. The van der Waals surface area contributed by atoms with Gasteiger partial charge in [-0.05, 0) is 44.2 Å². The first-order valence-electron chi connectivity index (χ1n) is 9.33. The predicted molar refractivity (Wildman–Crippen MR) is 96.2 cm³/mol. The van der Waals surface area contributed by atoms with Gasteiger partial charge in [-0.15, -0.1) is 0 Å². The summed E-state index contributed by atoms with van der Waals surface area (Å²) in [5.74, 6) is 0.0426. The van der Waals surface area contributed by atoms with Gasteiger partial charge < -0.3 is 15.0 Å². The zero-order valence-corrected chi connectivity index (χ0v) is 14.8. The van der Waals surface area contributed by atoms with Crippen LogP contribution in [0.2, 0.25) is 0 Å². The smallest absolute Gasteiger partial charge is 0.251 e. The summed E-state index contributed by atoms with van der Waals surface area (Å²) in [7, 11) is 1.74. The molecule has 1 heterocycles. The minimum Gasteiger partial charge on any atom is -0.385 e. The largest absolute Gasteiger partial charge is 0.385 e. The van der Waals surface area contributed by atoms with Crippen LogP contribution < -0.4 is 5.32 Å². The number of likely N-dealkylation sites (tertiary alicyclic amines) is 1. The molecule has 0 spiro atoms. The van der Waals surface area contributed by atoms with Gasteiger partial charge in [0.25, 0.3) is 5.91 Å². The molecule has 0 radical (unpaired) electrons. The maximum atomic E-state index is 12.7. The SMILES string of the molecule is COCCC1(NC(=O)c2ccccc2)CCN(C2CCCC2)CC1. The number of ether oxygens (including phenoxy) is 1. The van der Waals surface area contributed by atoms with Gasteiger partial charge in [0.15, 0.2) is 0 Å². The summed E-state index contributed by atoms with van der Waals surface area (Å²) >= 11 is 0. The van der Waals surface area contributed by atoms with Crippen LogP contribution in [0, 0.1) is 0 Å². The number of piperidine rings is 1. The van der Waals surface area contributed by atoms with Crippen molar-refractivity contribution < 1.29 is 9.53 Å². The highest BCUT2D eigenvalue weighted by molar-refractivity contribution is 5.94. The van der Waals surface area contributed by atoms with Crippen molar-refractivity contribution in [3.63, 3.8) is 0 Å². The quantitative estimate of drug-likeness (QED) is 0.871. The summed E-state index contributed by atoms with van der Waals surface area (Å²) in [4.78, 5) is 15.3. The van der Waals surface area contributed by atoms with Gasteiger partial charge in [-0.3, -0.25) is 4.79 Å². The van der Waals surface area contributed by atoms with E-state index in [4.69, 9.17) is 4.74 Å². The summed E-state index contributed by atoms with van der Waals surface area (Å²) < 4.78 is 5.32. The number of amides is 1. The van der Waals surface area contributed by atoms with Gasteiger partial charge in [-0.2, -0.15) is 0 Å². The van der Waals surface area contributed by atoms with E-state index >= 15 is 0 Å². The third-order valence-corrected chi connectivity index (χ3v) is 5.80. The first kappa shape index (κ1) is 17.4. The highest BCUT2D eigenvalue weighted by Crippen LogP contribution is 2.31. The highest BCUT2D eigenvalue weighted by Gasteiger charge is 2.37. The van der Waals surface area contributed by atoms with Crippen LogP contribution in [0.1, 0.15) is 55.3 Å². The maximum absolute atomic E-state index is 12.7. The van der Waals surface area contributed by atoms with Crippen LogP contribution in [-0.2, 0) is 4.74 Å². The minimum atomic E-state index is -0.127. The first-order valence-corrected chi connectivity index (χ1v) is 9.33. The van der Waals surface area contributed by atoms with Crippen LogP contribution in [-0.4, -0.2) is 49.2 Å². The average molecular weight is 330 g/mol. The fourth-order valence-corrected chi connectivity index (χ4v) is 4.22. The number of carbonyl (C=O) groups is 1. The number of nitrogens with one attached hydrogen (secondary N) is 1. The molecule has 2 fully saturated rings. The van der Waals surface area contributed by atoms with Crippen molar-refractivity contribution in [2.45, 2.75) is 56.5 Å². The summed E-state index contributed by atoms with van der Waals surface area (Å²) in [5, 5.41) is 3.35. The number of hydrogen-bond acceptors (Lipinski definition) is 3. The van der Waals surface area contributed by atoms with Crippen LogP contribution in [0.3, 0.4) is 0 Å². The third-order valence-electron chi connectivity index (χ3n) is 5.80. The fraction of sp³-hybridized carbons (Fsp3) is 0.650. The molecule has 1 saturated carbocycles. The topological polar surface area (TPSA) is 41.6 Å². The van der Waals surface area contributed by atoms with Gasteiger partial charge in [-0.1, -0.05) is 31.0 Å². The fourth-order valence-electron chi connectivity index (χ4n) is 4.22. The van der Waals surface area contributed by atoms with Gasteiger partial charge in [0.2, 0.25) is 0 Å². The molecule has 1 saturated heterocycles. The third kappa shape index (κ3) is 4.17. The second kappa shape index (κ2) is 8.13. The number of rotatable bonds is 6. The van der Waals surface area contributed by atoms with Gasteiger partial charge in [0.05, 0.1) is 0 Å². The normalized spacial score (nSPS) is 21.7. The van der Waals surface area contributed by atoms with E-state index in [-0.39, 0.29) is 11.4 Å². The first-order chi connectivity index (χ1) is 11.7. The van der Waals surface area contributed by atoms with Crippen molar-refractivity contribution in [3.05, 3.63) is 35.9 Å². The van der Waals surface area contributed by atoms with Crippen LogP contribution in [0.25, 0.3) is 0 Å². The van der Waals surface area contributed by atoms with E-state index in [0.29, 0.717) is 6.61 Å². The van der Waals surface area contributed by atoms with Gasteiger partial charge in [0, 0.05) is 44.0 Å². The summed E-state index contributed by atoms with van der Waals surface area (Å²) in [5.41, 5.74) is 0.616. The molecule has 4 heteroatoms. The molecule has 4 nitrogen and oxygen atoms in total. The van der Waals surface area contributed by atoms with Gasteiger partial charge in [-0.25, -0.2) is 0 Å². The highest BCUT2D eigenvalue weighted by atomic mass is 16.5. The van der Waals surface area contributed by atoms with E-state index in [1.54, 1.807) is 7.11 Å². The molecule has 1 aromatic rings. The lowest BCUT2D eigenvalue weighted by Crippen LogP contribution is -2.57. The molecule has 24 heavy (non-hydrogen) atoms. The van der Waals surface area contributed by atoms with Crippen LogP contribution in [0.4, 0.5) is 0 Å². The average Bonchev–Trinajstić information content (AvgIpc) is 3.16.